The van der Waals surface area contributed by atoms with Crippen LogP contribution in [-0.4, -0.2) is 77.1 Å². The van der Waals surface area contributed by atoms with Crippen molar-refractivity contribution in [2.45, 2.75) is 20.1 Å². The molecule has 0 atom stereocenters. The van der Waals surface area contributed by atoms with Gasteiger partial charge in [0.25, 0.3) is 0 Å². The van der Waals surface area contributed by atoms with E-state index < -0.39 is 16.5 Å². The maximum Gasteiger partial charge on any atom is 0.435 e. The van der Waals surface area contributed by atoms with Crippen LogP contribution in [0.5, 0.6) is 23.0 Å². The summed E-state index contributed by atoms with van der Waals surface area (Å²) < 4.78 is 39.2. The molecule has 0 aliphatic rings. The van der Waals surface area contributed by atoms with Gasteiger partial charge in [-0.3, -0.25) is 4.79 Å². The standard InChI is InChI=1S/C35H36FN6O7/c1-9-10-24-27(46-5)16-15-25-31(33(43)22-17-28(47-6)34(49-8)29(18-22)48-7)38-40(32(24)25)20-42(3,4)19-26-30(21-11-13-23(36)14-12-21)37-35(39(26)2)41(44)45/h11-18H,19-20H2,1-8H3/q+1. The number of benzene rings is 3. The monoisotopic (exact) mass is 671 g/mol. The molecule has 0 N–H and O–H groups in total. The van der Waals surface area contributed by atoms with E-state index >= 15 is 0 Å². The molecule has 254 valence electrons. The number of methoxy groups -OCH3 is 4. The molecule has 5 rings (SSSR count). The summed E-state index contributed by atoms with van der Waals surface area (Å²) >= 11 is 0. The quantitative estimate of drug-likeness (QED) is 0.0566. The third-order valence-electron chi connectivity index (χ3n) is 8.05. The van der Waals surface area contributed by atoms with E-state index in [1.165, 1.54) is 57.3 Å². The van der Waals surface area contributed by atoms with E-state index in [2.05, 4.69) is 16.8 Å². The predicted molar refractivity (Wildman–Crippen MR) is 179 cm³/mol. The van der Waals surface area contributed by atoms with Gasteiger partial charge in [-0.25, -0.2) is 13.6 Å². The van der Waals surface area contributed by atoms with E-state index in [4.69, 9.17) is 24.0 Å². The van der Waals surface area contributed by atoms with Gasteiger partial charge in [0.1, 0.15) is 23.8 Å². The Bertz CT molecular complexity index is 2120. The smallest absolute Gasteiger partial charge is 0.435 e. The van der Waals surface area contributed by atoms with E-state index in [0.717, 1.165) is 0 Å². The number of aromatic nitrogens is 4. The minimum absolute atomic E-state index is 0.161. The number of carbonyl (C=O) groups is 1. The summed E-state index contributed by atoms with van der Waals surface area (Å²) in [5.41, 5.74) is 3.00. The number of hydrogen-bond acceptors (Lipinski definition) is 9. The number of fused-ring (bicyclic) bond motifs is 1. The lowest BCUT2D eigenvalue weighted by atomic mass is 10.0. The highest BCUT2D eigenvalue weighted by Gasteiger charge is 2.33. The SMILES string of the molecule is CC#Cc1c(OC)ccc2c(C(=O)c3cc(OC)c(OC)c(OC)c3)nn(C[N+](C)(C)Cc3c(-c4ccc(F)cc4)nc([N+](=O)[O-])n3C)c12. The topological polar surface area (TPSA) is 133 Å². The van der Waals surface area contributed by atoms with Crippen molar-refractivity contribution in [3.63, 3.8) is 0 Å². The molecule has 0 bridgehead atoms. The van der Waals surface area contributed by atoms with Gasteiger partial charge >= 0.3 is 5.95 Å². The lowest BCUT2D eigenvalue weighted by Crippen LogP contribution is -2.41. The fourth-order valence-electron chi connectivity index (χ4n) is 5.81. The number of carbonyl (C=O) groups excluding carboxylic acids is 1. The molecule has 0 saturated heterocycles. The van der Waals surface area contributed by atoms with Crippen LogP contribution in [0.4, 0.5) is 10.3 Å². The highest BCUT2D eigenvalue weighted by atomic mass is 19.1. The van der Waals surface area contributed by atoms with Crippen LogP contribution in [0.2, 0.25) is 0 Å². The van der Waals surface area contributed by atoms with Crippen molar-refractivity contribution in [3.8, 4) is 46.1 Å². The zero-order chi connectivity index (χ0) is 35.6. The second-order valence-corrected chi connectivity index (χ2v) is 11.8. The van der Waals surface area contributed by atoms with Gasteiger partial charge in [-0.1, -0.05) is 10.9 Å². The number of nitro groups is 1. The Labute approximate surface area is 282 Å². The number of nitrogens with zero attached hydrogens (tertiary/aromatic N) is 6. The fourth-order valence-corrected chi connectivity index (χ4v) is 5.81. The van der Waals surface area contributed by atoms with Gasteiger partial charge in [-0.2, -0.15) is 5.10 Å². The molecule has 0 aliphatic carbocycles. The average molecular weight is 672 g/mol. The Morgan fingerprint density at radius 1 is 0.980 bits per heavy atom. The van der Waals surface area contributed by atoms with Crippen molar-refractivity contribution >= 4 is 22.6 Å². The summed E-state index contributed by atoms with van der Waals surface area (Å²) in [5.74, 6) is 6.35. The first-order chi connectivity index (χ1) is 23.4. The van der Waals surface area contributed by atoms with Gasteiger partial charge in [0.15, 0.2) is 29.6 Å². The highest BCUT2D eigenvalue weighted by Crippen LogP contribution is 2.40. The van der Waals surface area contributed by atoms with E-state index in [1.54, 1.807) is 42.9 Å². The first-order valence-corrected chi connectivity index (χ1v) is 15.0. The van der Waals surface area contributed by atoms with E-state index in [1.807, 2.05) is 14.1 Å². The van der Waals surface area contributed by atoms with Crippen LogP contribution < -0.4 is 18.9 Å². The molecule has 49 heavy (non-hydrogen) atoms. The Kier molecular flexibility index (Phi) is 9.59. The summed E-state index contributed by atoms with van der Waals surface area (Å²) in [5, 5.41) is 17.3. The van der Waals surface area contributed by atoms with Gasteiger partial charge in [-0.05, 0) is 60.4 Å². The molecule has 0 aliphatic heterocycles. The maximum absolute atomic E-state index is 14.2. The molecule has 2 aromatic heterocycles. The second kappa shape index (κ2) is 13.7. The number of ether oxygens (including phenoxy) is 4. The van der Waals surface area contributed by atoms with Crippen LogP contribution in [0.25, 0.3) is 22.2 Å². The van der Waals surface area contributed by atoms with Crippen LogP contribution in [-0.2, 0) is 20.3 Å². The average Bonchev–Trinajstić information content (AvgIpc) is 3.60. The molecule has 0 radical (unpaired) electrons. The predicted octanol–water partition coefficient (Wildman–Crippen LogP) is 5.36. The van der Waals surface area contributed by atoms with Crippen LogP contribution in [0, 0.1) is 27.8 Å². The Balaban J connectivity index is 1.66. The van der Waals surface area contributed by atoms with Crippen LogP contribution >= 0.6 is 0 Å². The molecular formula is C35H36FN6O7+. The molecule has 2 heterocycles. The van der Waals surface area contributed by atoms with Crippen LogP contribution in [0.15, 0.2) is 48.5 Å². The summed E-state index contributed by atoms with van der Waals surface area (Å²) in [6.07, 6.45) is 0. The zero-order valence-electron chi connectivity index (χ0n) is 28.5. The molecular weight excluding hydrogens is 635 g/mol. The van der Waals surface area contributed by atoms with E-state index in [-0.39, 0.29) is 34.9 Å². The Hall–Kier alpha value is -5.94. The molecule has 0 spiro atoms. The third kappa shape index (κ3) is 6.48. The number of ketones is 1. The Morgan fingerprint density at radius 3 is 2.16 bits per heavy atom. The summed E-state index contributed by atoms with van der Waals surface area (Å²) in [7, 11) is 11.4. The lowest BCUT2D eigenvalue weighted by Gasteiger charge is -2.29. The second-order valence-electron chi connectivity index (χ2n) is 11.8. The number of quaternary nitrogens is 1. The van der Waals surface area contributed by atoms with Crippen LogP contribution in [0.3, 0.4) is 0 Å². The zero-order valence-corrected chi connectivity index (χ0v) is 28.5. The van der Waals surface area contributed by atoms with E-state index in [9.17, 15) is 19.3 Å². The molecule has 3 aromatic carbocycles. The van der Waals surface area contributed by atoms with Crippen molar-refractivity contribution in [2.75, 3.05) is 42.5 Å². The van der Waals surface area contributed by atoms with Gasteiger partial charge < -0.3 is 33.5 Å². The molecule has 0 saturated carbocycles. The number of imidazole rings is 1. The van der Waals surface area contributed by atoms with E-state index in [0.29, 0.717) is 56.4 Å². The van der Waals surface area contributed by atoms with Gasteiger partial charge in [0.05, 0.1) is 60.7 Å². The largest absolute Gasteiger partial charge is 0.495 e. The minimum Gasteiger partial charge on any atom is -0.495 e. The summed E-state index contributed by atoms with van der Waals surface area (Å²) in [6, 6.07) is 12.3. The third-order valence-corrected chi connectivity index (χ3v) is 8.05. The molecule has 14 heteroatoms. The van der Waals surface area contributed by atoms with Crippen molar-refractivity contribution in [1.29, 1.82) is 0 Å². The molecule has 0 fully saturated rings. The van der Waals surface area contributed by atoms with Gasteiger partial charge in [-0.15, -0.1) is 5.92 Å². The molecule has 5 aromatic rings. The van der Waals surface area contributed by atoms with Gasteiger partial charge in [0.2, 0.25) is 11.5 Å². The molecule has 13 nitrogen and oxygen atoms in total. The number of halogens is 1. The molecule has 0 unspecified atom stereocenters. The highest BCUT2D eigenvalue weighted by molar-refractivity contribution is 6.16. The van der Waals surface area contributed by atoms with Gasteiger partial charge in [0, 0.05) is 16.5 Å². The summed E-state index contributed by atoms with van der Waals surface area (Å²) in [6.45, 7) is 2.15. The summed E-state index contributed by atoms with van der Waals surface area (Å²) in [4.78, 5) is 29.9. The van der Waals surface area contributed by atoms with Crippen molar-refractivity contribution < 1.29 is 37.5 Å². The first-order valence-electron chi connectivity index (χ1n) is 15.0. The van der Waals surface area contributed by atoms with Crippen molar-refractivity contribution in [3.05, 3.63) is 87.0 Å². The number of rotatable bonds is 12. The van der Waals surface area contributed by atoms with Crippen molar-refractivity contribution in [1.82, 2.24) is 19.3 Å². The lowest BCUT2D eigenvalue weighted by molar-refractivity contribution is -0.926. The number of hydrogen-bond donors (Lipinski definition) is 0. The van der Waals surface area contributed by atoms with Crippen LogP contribution in [0.1, 0.15) is 34.2 Å². The normalized spacial score (nSPS) is 11.2. The minimum atomic E-state index is -0.555. The van der Waals surface area contributed by atoms with Crippen molar-refractivity contribution in [2.24, 2.45) is 7.05 Å². The fraction of sp³-hybridized carbons (Fsp3) is 0.286. The molecule has 0 amide bonds. The first kappa shape index (κ1) is 34.4. The maximum atomic E-state index is 14.2. The Morgan fingerprint density at radius 2 is 1.61 bits per heavy atom.